The topological polar surface area (TPSA) is 151 Å². The molecule has 112 valence electrons. The third-order valence-electron chi connectivity index (χ3n) is 1.16. The van der Waals surface area contributed by atoms with E-state index in [2.05, 4.69) is 22.4 Å². The molecule has 0 fully saturated rings. The lowest BCUT2D eigenvalue weighted by Crippen LogP contribution is -2.10. The Morgan fingerprint density at radius 3 is 1.89 bits per heavy atom. The Balaban J connectivity index is 0. The first-order valence-electron chi connectivity index (χ1n) is 4.60. The zero-order valence-electron chi connectivity index (χ0n) is 10.1. The normalized spacial score (nSPS) is 11.0. The highest BCUT2D eigenvalue weighted by Crippen LogP contribution is 2.35. The number of phosphoric acid groups is 1. The van der Waals surface area contributed by atoms with Crippen LogP contribution < -0.4 is 0 Å². The van der Waals surface area contributed by atoms with Gasteiger partial charge in [-0.3, -0.25) is 9.09 Å². The fourth-order valence-corrected chi connectivity index (χ4v) is 0.726. The Bertz CT molecular complexity index is 404. The van der Waals surface area contributed by atoms with E-state index in [1.54, 1.807) is 0 Å². The molecule has 0 heterocycles. The van der Waals surface area contributed by atoms with E-state index in [4.69, 9.17) is 19.6 Å². The van der Waals surface area contributed by atoms with E-state index in [0.29, 0.717) is 5.82 Å². The van der Waals surface area contributed by atoms with E-state index >= 15 is 0 Å². The van der Waals surface area contributed by atoms with Crippen LogP contribution in [-0.2, 0) is 23.2 Å². The number of phosphoric ester groups is 1. The molecule has 0 aliphatic carbocycles. The van der Waals surface area contributed by atoms with Gasteiger partial charge in [0.2, 0.25) is 0 Å². The van der Waals surface area contributed by atoms with Gasteiger partial charge in [0.15, 0.2) is 0 Å². The highest BCUT2D eigenvalue weighted by molar-refractivity contribution is 7.55. The highest BCUT2D eigenvalue weighted by Gasteiger charge is 2.13. The van der Waals surface area contributed by atoms with Crippen molar-refractivity contribution < 1.29 is 42.8 Å². The smallest absolute Gasteiger partial charge is 0.460 e. The molecule has 0 aromatic heterocycles. The number of carbonyl (C=O) groups is 1. The zero-order valence-corrected chi connectivity index (χ0v) is 11.9. The average Bonchev–Trinajstić information content (AvgIpc) is 2.22. The summed E-state index contributed by atoms with van der Waals surface area (Å²) in [4.78, 5) is 42.8. The summed E-state index contributed by atoms with van der Waals surface area (Å²) in [6.45, 7) is 7.09. The number of ether oxygens (including phenoxy) is 1. The lowest BCUT2D eigenvalue weighted by molar-refractivity contribution is -0.139. The molecule has 0 saturated carbocycles. The molecule has 9 nitrogen and oxygen atoms in total. The first-order valence-corrected chi connectivity index (χ1v) is 7.82. The molecule has 0 spiro atoms. The average molecular weight is 318 g/mol. The molecule has 11 heteroatoms. The summed E-state index contributed by atoms with van der Waals surface area (Å²) in [5.74, 6) is -0.0122. The van der Waals surface area contributed by atoms with Crippen LogP contribution >= 0.6 is 15.4 Å². The molecular weight excluding hydrogens is 302 g/mol. The molecule has 0 saturated heterocycles. The minimum Gasteiger partial charge on any atom is -0.460 e. The third-order valence-corrected chi connectivity index (χ3v) is 2.16. The van der Waals surface area contributed by atoms with Gasteiger partial charge in [0.05, 0.1) is 6.61 Å². The molecular formula is C8H16O9P2. The molecule has 4 N–H and O–H groups in total. The van der Waals surface area contributed by atoms with Gasteiger partial charge in [0.25, 0.3) is 0 Å². The first kappa shape index (κ1) is 20.5. The van der Waals surface area contributed by atoms with Crippen molar-refractivity contribution in [2.75, 3.05) is 13.2 Å². The lowest BCUT2D eigenvalue weighted by Gasteiger charge is -2.05. The molecule has 0 atom stereocenters. The van der Waals surface area contributed by atoms with Crippen molar-refractivity contribution in [2.45, 2.75) is 6.92 Å². The predicted molar refractivity (Wildman–Crippen MR) is 66.0 cm³/mol. The Morgan fingerprint density at radius 2 is 1.63 bits per heavy atom. The van der Waals surface area contributed by atoms with Gasteiger partial charge in [0, 0.05) is 11.4 Å². The van der Waals surface area contributed by atoms with Crippen molar-refractivity contribution in [3.8, 4) is 0 Å². The van der Waals surface area contributed by atoms with Crippen molar-refractivity contribution in [2.24, 2.45) is 0 Å². The van der Waals surface area contributed by atoms with E-state index in [1.165, 1.54) is 6.92 Å². The van der Waals surface area contributed by atoms with Gasteiger partial charge >= 0.3 is 21.4 Å². The molecule has 0 aliphatic rings. The molecule has 0 unspecified atom stereocenters. The molecule has 0 aliphatic heterocycles. The van der Waals surface area contributed by atoms with Crippen LogP contribution in [0.15, 0.2) is 24.5 Å². The first-order chi connectivity index (χ1) is 8.39. The molecule has 0 aromatic carbocycles. The minimum absolute atomic E-state index is 0.212. The summed E-state index contributed by atoms with van der Waals surface area (Å²) in [7, 11) is -8.35. The van der Waals surface area contributed by atoms with Gasteiger partial charge in [-0.15, -0.1) is 0 Å². The summed E-state index contributed by atoms with van der Waals surface area (Å²) >= 11 is 0. The van der Waals surface area contributed by atoms with Crippen molar-refractivity contribution >= 4 is 21.4 Å². The van der Waals surface area contributed by atoms with E-state index in [1.807, 2.05) is 0 Å². The Labute approximate surface area is 109 Å². The second-order valence-corrected chi connectivity index (χ2v) is 5.79. The number of carbonyl (C=O) groups excluding carboxylic acids is 1. The number of esters is 1. The van der Waals surface area contributed by atoms with Crippen LogP contribution in [0.4, 0.5) is 0 Å². The Kier molecular flexibility index (Phi) is 9.90. The lowest BCUT2D eigenvalue weighted by atomic mass is 10.4. The maximum atomic E-state index is 10.7. The summed E-state index contributed by atoms with van der Waals surface area (Å²) in [5.41, 5.74) is 0.219. The summed E-state index contributed by atoms with van der Waals surface area (Å²) < 4.78 is 28.2. The maximum absolute atomic E-state index is 10.7. The van der Waals surface area contributed by atoms with Crippen LogP contribution in [-0.4, -0.2) is 38.8 Å². The zero-order chi connectivity index (χ0) is 15.7. The van der Waals surface area contributed by atoms with Gasteiger partial charge in [-0.25, -0.2) is 9.36 Å². The molecule has 0 bridgehead atoms. The van der Waals surface area contributed by atoms with Crippen LogP contribution in [0.1, 0.15) is 6.92 Å². The second-order valence-electron chi connectivity index (χ2n) is 3.01. The summed E-state index contributed by atoms with van der Waals surface area (Å²) in [6, 6.07) is 0. The minimum atomic E-state index is -4.46. The highest BCUT2D eigenvalue weighted by atomic mass is 31.2. The fraction of sp³-hybridized carbons (Fsp3) is 0.375. The van der Waals surface area contributed by atoms with Gasteiger partial charge in [-0.05, 0) is 6.92 Å². The van der Waals surface area contributed by atoms with E-state index in [9.17, 15) is 13.9 Å². The number of rotatable bonds is 6. The second kappa shape index (κ2) is 9.17. The van der Waals surface area contributed by atoms with Crippen molar-refractivity contribution in [3.63, 3.8) is 0 Å². The Hall–Kier alpha value is -0.790. The van der Waals surface area contributed by atoms with E-state index in [-0.39, 0.29) is 18.8 Å². The van der Waals surface area contributed by atoms with Gasteiger partial charge in [-0.1, -0.05) is 13.2 Å². The number of hydrogen-bond acceptors (Lipinski definition) is 5. The molecule has 0 aromatic rings. The predicted octanol–water partition coefficient (Wildman–Crippen LogP) is 0.523. The monoisotopic (exact) mass is 318 g/mol. The van der Waals surface area contributed by atoms with Crippen molar-refractivity contribution in [3.05, 3.63) is 24.5 Å². The standard InChI is InChI=1S/C6H11O6P.C2H5O3P/c1-5(2)6(7)11-3-4-12-13(8,9)10;1-2-6(3,4)5/h1,3-4H2,2H3,(H2,8,9,10);2H,1H2,(H2,3,4,5). The van der Waals surface area contributed by atoms with Gasteiger partial charge < -0.3 is 24.3 Å². The summed E-state index contributed by atoms with van der Waals surface area (Å²) in [6.07, 6.45) is 0. The largest absolute Gasteiger partial charge is 0.469 e. The van der Waals surface area contributed by atoms with Gasteiger partial charge in [0.1, 0.15) is 6.61 Å². The SMILES string of the molecule is C=C(C)C(=O)OCCOP(=O)(O)O.C=CP(=O)(O)O. The van der Waals surface area contributed by atoms with Crippen molar-refractivity contribution in [1.82, 2.24) is 0 Å². The fourth-order valence-electron chi connectivity index (χ4n) is 0.414. The molecule has 0 radical (unpaired) electrons. The Morgan fingerprint density at radius 1 is 1.21 bits per heavy atom. The van der Waals surface area contributed by atoms with Crippen LogP contribution in [0, 0.1) is 0 Å². The van der Waals surface area contributed by atoms with Gasteiger partial charge in [-0.2, -0.15) is 0 Å². The number of hydrogen-bond donors (Lipinski definition) is 4. The molecule has 0 rings (SSSR count). The van der Waals surface area contributed by atoms with Crippen LogP contribution in [0.5, 0.6) is 0 Å². The van der Waals surface area contributed by atoms with Crippen LogP contribution in [0.3, 0.4) is 0 Å². The quantitative estimate of drug-likeness (QED) is 0.238. The maximum Gasteiger partial charge on any atom is 0.469 e. The third kappa shape index (κ3) is 19.7. The molecule has 19 heavy (non-hydrogen) atoms. The van der Waals surface area contributed by atoms with Crippen LogP contribution in [0.2, 0.25) is 0 Å². The van der Waals surface area contributed by atoms with Crippen molar-refractivity contribution in [1.29, 1.82) is 0 Å². The van der Waals surface area contributed by atoms with Crippen LogP contribution in [0.25, 0.3) is 0 Å². The van der Waals surface area contributed by atoms with E-state index in [0.717, 1.165) is 0 Å². The van der Waals surface area contributed by atoms with E-state index < -0.39 is 21.4 Å². The summed E-state index contributed by atoms with van der Waals surface area (Å²) in [5, 5.41) is 0. The molecule has 0 amide bonds.